The molecule has 0 radical (unpaired) electrons. The van der Waals surface area contributed by atoms with Gasteiger partial charge in [0.15, 0.2) is 11.9 Å². The standard InChI is InChI=1S/C20H28O5/c1-12-7-5-8-19(3,23)9-6-10-20(4)15(25-20)11-14-13(2)18(22)24-17(14)16(12)21/h6,9,12,14-15,17,23H,2,5,7-8,10-11H2,1,3-4H3/t12-,14+,15+,17-,19-,20-/m1/s1. The van der Waals surface area contributed by atoms with Crippen molar-refractivity contribution < 1.29 is 24.2 Å². The third kappa shape index (κ3) is 3.72. The summed E-state index contributed by atoms with van der Waals surface area (Å²) in [7, 11) is 0. The number of esters is 1. The summed E-state index contributed by atoms with van der Waals surface area (Å²) in [5, 5.41) is 10.4. The molecule has 2 heterocycles. The highest BCUT2D eigenvalue weighted by atomic mass is 16.6. The van der Waals surface area contributed by atoms with Crippen LogP contribution in [0.25, 0.3) is 0 Å². The topological polar surface area (TPSA) is 76.1 Å². The van der Waals surface area contributed by atoms with Crippen molar-refractivity contribution >= 4 is 11.8 Å². The Balaban J connectivity index is 1.83. The summed E-state index contributed by atoms with van der Waals surface area (Å²) in [5.41, 5.74) is -0.819. The molecule has 0 aromatic heterocycles. The Labute approximate surface area is 149 Å². The summed E-state index contributed by atoms with van der Waals surface area (Å²) in [5.74, 6) is -1.04. The van der Waals surface area contributed by atoms with Crippen LogP contribution in [-0.2, 0) is 19.1 Å². The molecule has 1 aliphatic carbocycles. The molecule has 0 bridgehead atoms. The molecule has 0 saturated carbocycles. The zero-order chi connectivity index (χ0) is 18.4. The average molecular weight is 348 g/mol. The predicted octanol–water partition coefficient (Wildman–Crippen LogP) is 2.72. The Bertz CT molecular complexity index is 620. The van der Waals surface area contributed by atoms with Crippen molar-refractivity contribution in [3.63, 3.8) is 0 Å². The van der Waals surface area contributed by atoms with E-state index >= 15 is 0 Å². The van der Waals surface area contributed by atoms with E-state index in [2.05, 4.69) is 6.58 Å². The molecular formula is C20H28O5. The van der Waals surface area contributed by atoms with Crippen molar-refractivity contribution in [2.75, 3.05) is 0 Å². The summed E-state index contributed by atoms with van der Waals surface area (Å²) < 4.78 is 11.2. The van der Waals surface area contributed by atoms with E-state index in [0.717, 1.165) is 6.42 Å². The van der Waals surface area contributed by atoms with Crippen LogP contribution >= 0.6 is 0 Å². The highest BCUT2D eigenvalue weighted by molar-refractivity contribution is 5.98. The Hall–Kier alpha value is -1.46. The van der Waals surface area contributed by atoms with Crippen LogP contribution in [0.1, 0.15) is 52.9 Å². The highest BCUT2D eigenvalue weighted by Crippen LogP contribution is 2.47. The molecule has 3 aliphatic rings. The molecule has 0 spiro atoms. The fraction of sp³-hybridized carbons (Fsp3) is 0.700. The fourth-order valence-corrected chi connectivity index (χ4v) is 3.95. The third-order valence-electron chi connectivity index (χ3n) is 5.90. The Morgan fingerprint density at radius 1 is 1.32 bits per heavy atom. The molecule has 1 N–H and O–H groups in total. The zero-order valence-corrected chi connectivity index (χ0v) is 15.3. The molecule has 5 heteroatoms. The van der Waals surface area contributed by atoms with Crippen molar-refractivity contribution in [2.45, 2.75) is 76.3 Å². The van der Waals surface area contributed by atoms with Gasteiger partial charge < -0.3 is 14.6 Å². The molecule has 0 unspecified atom stereocenters. The normalized spacial score (nSPS) is 45.4. The summed E-state index contributed by atoms with van der Waals surface area (Å²) in [4.78, 5) is 24.8. The minimum atomic E-state index is -0.885. The van der Waals surface area contributed by atoms with Crippen LogP contribution in [-0.4, -0.2) is 40.3 Å². The van der Waals surface area contributed by atoms with Gasteiger partial charge in [-0.3, -0.25) is 4.79 Å². The molecule has 138 valence electrons. The molecule has 25 heavy (non-hydrogen) atoms. The minimum Gasteiger partial charge on any atom is -0.450 e. The summed E-state index contributed by atoms with van der Waals surface area (Å²) in [6, 6.07) is 0. The largest absolute Gasteiger partial charge is 0.450 e. The van der Waals surface area contributed by atoms with Crippen LogP contribution in [0.15, 0.2) is 24.3 Å². The quantitative estimate of drug-likeness (QED) is 0.315. The van der Waals surface area contributed by atoms with Gasteiger partial charge in [-0.25, -0.2) is 4.79 Å². The van der Waals surface area contributed by atoms with Gasteiger partial charge >= 0.3 is 5.97 Å². The first-order valence-corrected chi connectivity index (χ1v) is 9.14. The van der Waals surface area contributed by atoms with E-state index in [0.29, 0.717) is 31.3 Å². The summed E-state index contributed by atoms with van der Waals surface area (Å²) in [6.07, 6.45) is 6.26. The number of fused-ring (bicyclic) bond motifs is 2. The van der Waals surface area contributed by atoms with Crippen LogP contribution in [0.4, 0.5) is 0 Å². The van der Waals surface area contributed by atoms with Gasteiger partial charge in [-0.15, -0.1) is 0 Å². The summed E-state index contributed by atoms with van der Waals surface area (Å²) >= 11 is 0. The lowest BCUT2D eigenvalue weighted by molar-refractivity contribution is -0.148. The average Bonchev–Trinajstić information content (AvgIpc) is 3.07. The van der Waals surface area contributed by atoms with Gasteiger partial charge in [0.1, 0.15) is 0 Å². The van der Waals surface area contributed by atoms with Gasteiger partial charge in [-0.1, -0.05) is 25.7 Å². The maximum Gasteiger partial charge on any atom is 0.334 e. The maximum absolute atomic E-state index is 12.8. The second-order valence-corrected chi connectivity index (χ2v) is 8.27. The number of rotatable bonds is 0. The number of carbonyl (C=O) groups excluding carboxylic acids is 2. The number of carbonyl (C=O) groups is 2. The van der Waals surface area contributed by atoms with Gasteiger partial charge in [0.05, 0.1) is 17.3 Å². The van der Waals surface area contributed by atoms with Crippen LogP contribution in [0.2, 0.25) is 0 Å². The van der Waals surface area contributed by atoms with Gasteiger partial charge in [0.25, 0.3) is 0 Å². The molecule has 0 amide bonds. The van der Waals surface area contributed by atoms with Crippen molar-refractivity contribution in [1.82, 2.24) is 0 Å². The van der Waals surface area contributed by atoms with E-state index < -0.39 is 17.7 Å². The second-order valence-electron chi connectivity index (χ2n) is 8.27. The first-order valence-electron chi connectivity index (χ1n) is 9.14. The van der Waals surface area contributed by atoms with E-state index in [9.17, 15) is 14.7 Å². The van der Waals surface area contributed by atoms with Gasteiger partial charge in [0.2, 0.25) is 0 Å². The monoisotopic (exact) mass is 348 g/mol. The van der Waals surface area contributed by atoms with Gasteiger partial charge in [-0.2, -0.15) is 0 Å². The minimum absolute atomic E-state index is 0.0353. The first kappa shape index (κ1) is 18.3. The molecule has 3 rings (SSSR count). The lowest BCUT2D eigenvalue weighted by atomic mass is 9.82. The van der Waals surface area contributed by atoms with Crippen molar-refractivity contribution in [3.05, 3.63) is 24.3 Å². The van der Waals surface area contributed by atoms with Crippen molar-refractivity contribution in [2.24, 2.45) is 11.8 Å². The number of epoxide rings is 1. The van der Waals surface area contributed by atoms with Crippen LogP contribution in [0, 0.1) is 11.8 Å². The molecule has 5 nitrogen and oxygen atoms in total. The van der Waals surface area contributed by atoms with Gasteiger partial charge in [0, 0.05) is 17.4 Å². The number of ketones is 1. The molecular weight excluding hydrogens is 320 g/mol. The smallest absolute Gasteiger partial charge is 0.334 e. The molecule has 6 atom stereocenters. The summed E-state index contributed by atoms with van der Waals surface area (Å²) in [6.45, 7) is 9.51. The molecule has 2 saturated heterocycles. The van der Waals surface area contributed by atoms with Crippen LogP contribution in [0.3, 0.4) is 0 Å². The highest BCUT2D eigenvalue weighted by Gasteiger charge is 2.55. The second kappa shape index (κ2) is 6.36. The van der Waals surface area contributed by atoms with E-state index in [1.807, 2.05) is 26.0 Å². The number of Topliss-reactive ketones (excluding diaryl/α,β-unsaturated/α-hetero) is 1. The predicted molar refractivity (Wildman–Crippen MR) is 92.8 cm³/mol. The van der Waals surface area contributed by atoms with E-state index in [1.54, 1.807) is 6.92 Å². The molecule has 0 aromatic rings. The number of hydrogen-bond acceptors (Lipinski definition) is 5. The zero-order valence-electron chi connectivity index (χ0n) is 15.3. The van der Waals surface area contributed by atoms with Crippen LogP contribution < -0.4 is 0 Å². The fourth-order valence-electron chi connectivity index (χ4n) is 3.95. The SMILES string of the molecule is C=C1C(=O)O[C@H]2C(=O)[C@H](C)CCC[C@@](C)(O)C=CC[C@@]3(C)O[C@H]3C[C@@H]12. The Morgan fingerprint density at radius 2 is 2.04 bits per heavy atom. The number of hydrogen-bond donors (Lipinski definition) is 1. The maximum atomic E-state index is 12.8. The lowest BCUT2D eigenvalue weighted by Crippen LogP contribution is -2.33. The molecule has 0 aromatic carbocycles. The van der Waals surface area contributed by atoms with E-state index in [-0.39, 0.29) is 29.3 Å². The molecule has 2 fully saturated rings. The number of aliphatic hydroxyl groups is 1. The number of ether oxygens (including phenoxy) is 2. The molecule has 2 aliphatic heterocycles. The lowest BCUT2D eigenvalue weighted by Gasteiger charge is -2.23. The van der Waals surface area contributed by atoms with Gasteiger partial charge in [-0.05, 0) is 46.0 Å². The Kier molecular flexibility index (Phi) is 4.67. The van der Waals surface area contributed by atoms with Crippen molar-refractivity contribution in [1.29, 1.82) is 0 Å². The van der Waals surface area contributed by atoms with Crippen LogP contribution in [0.5, 0.6) is 0 Å². The van der Waals surface area contributed by atoms with E-state index in [4.69, 9.17) is 9.47 Å². The third-order valence-corrected chi connectivity index (χ3v) is 5.90. The van der Waals surface area contributed by atoms with E-state index in [1.165, 1.54) is 0 Å². The first-order chi connectivity index (χ1) is 11.6. The van der Waals surface area contributed by atoms with Crippen molar-refractivity contribution in [3.8, 4) is 0 Å². The Morgan fingerprint density at radius 3 is 2.76 bits per heavy atom.